The monoisotopic (exact) mass is 374 g/mol. The summed E-state index contributed by atoms with van der Waals surface area (Å²) in [6, 6.07) is 23.7. The van der Waals surface area contributed by atoms with Gasteiger partial charge in [0.2, 0.25) is 5.16 Å². The molecule has 4 aromatic rings. The molecule has 0 aliphatic rings. The van der Waals surface area contributed by atoms with Gasteiger partial charge in [0.05, 0.1) is 0 Å². The van der Waals surface area contributed by atoms with Crippen LogP contribution in [-0.4, -0.2) is 20.8 Å². The largest absolute Gasteiger partial charge is 0.270 e. The first-order valence-corrected chi connectivity index (χ1v) is 9.59. The molecule has 0 bridgehead atoms. The number of rotatable bonds is 5. The molecule has 0 aliphatic carbocycles. The summed E-state index contributed by atoms with van der Waals surface area (Å²) in [5.41, 5.74) is 4.75. The van der Waals surface area contributed by atoms with Gasteiger partial charge in [-0.25, -0.2) is 4.68 Å². The van der Waals surface area contributed by atoms with Crippen LogP contribution < -0.4 is 5.43 Å². The maximum absolute atomic E-state index is 12.9. The summed E-state index contributed by atoms with van der Waals surface area (Å²) in [5.74, 6) is 1.21. The minimum Gasteiger partial charge on any atom is -0.267 e. The van der Waals surface area contributed by atoms with Crippen LogP contribution in [0.4, 0.5) is 0 Å². The maximum Gasteiger partial charge on any atom is 0.270 e. The van der Waals surface area contributed by atoms with E-state index in [4.69, 9.17) is 0 Å². The van der Waals surface area contributed by atoms with Crippen molar-refractivity contribution in [1.29, 1.82) is 0 Å². The van der Waals surface area contributed by atoms with Gasteiger partial charge in [-0.15, -0.1) is 10.2 Å². The Morgan fingerprint density at radius 1 is 0.963 bits per heavy atom. The van der Waals surface area contributed by atoms with Crippen LogP contribution in [0.5, 0.6) is 0 Å². The Hall–Kier alpha value is -3.12. The van der Waals surface area contributed by atoms with Gasteiger partial charge in [0, 0.05) is 11.3 Å². The normalized spacial score (nSPS) is 10.9. The van der Waals surface area contributed by atoms with Crippen molar-refractivity contribution in [3.63, 3.8) is 0 Å². The Labute approximate surface area is 161 Å². The number of aryl methyl sites for hydroxylation is 1. The summed E-state index contributed by atoms with van der Waals surface area (Å²) >= 11 is 1.54. The van der Waals surface area contributed by atoms with E-state index in [1.165, 1.54) is 17.3 Å². The molecule has 0 saturated carbocycles. The number of aromatic nitrogens is 3. The lowest BCUT2D eigenvalue weighted by Crippen LogP contribution is -2.25. The molecule has 0 atom stereocenters. The number of nitrogens with one attached hydrogen (secondary N) is 1. The second-order valence-corrected chi connectivity index (χ2v) is 7.05. The minimum absolute atomic E-state index is 0.184. The van der Waals surface area contributed by atoms with Crippen LogP contribution in [0.15, 0.2) is 78.0 Å². The molecule has 0 fully saturated rings. The van der Waals surface area contributed by atoms with Crippen LogP contribution in [0.3, 0.4) is 0 Å². The quantitative estimate of drug-likeness (QED) is 0.526. The van der Waals surface area contributed by atoms with Crippen LogP contribution in [0.25, 0.3) is 10.8 Å². The van der Waals surface area contributed by atoms with Crippen LogP contribution in [0.1, 0.15) is 21.7 Å². The molecule has 134 valence electrons. The third-order valence-corrected chi connectivity index (χ3v) is 5.25. The van der Waals surface area contributed by atoms with E-state index in [9.17, 15) is 4.79 Å². The Morgan fingerprint density at radius 3 is 2.56 bits per heavy atom. The number of amides is 1. The molecule has 1 aromatic heterocycles. The van der Waals surface area contributed by atoms with E-state index < -0.39 is 0 Å². The highest BCUT2D eigenvalue weighted by Gasteiger charge is 2.15. The zero-order valence-corrected chi connectivity index (χ0v) is 15.6. The van der Waals surface area contributed by atoms with Crippen molar-refractivity contribution in [2.24, 2.45) is 0 Å². The van der Waals surface area contributed by atoms with E-state index in [1.54, 1.807) is 4.68 Å². The third kappa shape index (κ3) is 3.71. The molecule has 4 rings (SSSR count). The maximum atomic E-state index is 12.9. The lowest BCUT2D eigenvalue weighted by molar-refractivity contribution is 0.101. The van der Waals surface area contributed by atoms with Gasteiger partial charge in [0.1, 0.15) is 5.82 Å². The molecule has 0 aliphatic heterocycles. The van der Waals surface area contributed by atoms with Crippen molar-refractivity contribution >= 4 is 28.4 Å². The predicted octanol–water partition coefficient (Wildman–Crippen LogP) is 4.42. The van der Waals surface area contributed by atoms with Gasteiger partial charge in [0.15, 0.2) is 0 Å². The van der Waals surface area contributed by atoms with Gasteiger partial charge in [-0.1, -0.05) is 78.5 Å². The first-order valence-electron chi connectivity index (χ1n) is 8.60. The van der Waals surface area contributed by atoms with Gasteiger partial charge in [-0.3, -0.25) is 10.2 Å². The molecule has 6 heteroatoms. The van der Waals surface area contributed by atoms with Crippen LogP contribution in [-0.2, 0) is 5.75 Å². The molecule has 1 N–H and O–H groups in total. The Kier molecular flexibility index (Phi) is 4.89. The number of benzene rings is 3. The number of hydrogen-bond donors (Lipinski definition) is 1. The van der Waals surface area contributed by atoms with Gasteiger partial charge in [-0.05, 0) is 29.3 Å². The lowest BCUT2D eigenvalue weighted by atomic mass is 10.0. The average molecular weight is 374 g/mol. The highest BCUT2D eigenvalue weighted by Crippen LogP contribution is 2.22. The van der Waals surface area contributed by atoms with Crippen molar-refractivity contribution in [2.75, 3.05) is 5.43 Å². The fourth-order valence-electron chi connectivity index (χ4n) is 2.87. The summed E-state index contributed by atoms with van der Waals surface area (Å²) in [7, 11) is 0. The number of nitrogens with zero attached hydrogens (tertiary/aromatic N) is 3. The summed E-state index contributed by atoms with van der Waals surface area (Å²) < 4.78 is 1.65. The van der Waals surface area contributed by atoms with Crippen molar-refractivity contribution in [3.05, 3.63) is 89.7 Å². The lowest BCUT2D eigenvalue weighted by Gasteiger charge is -2.11. The van der Waals surface area contributed by atoms with Crippen LogP contribution in [0, 0.1) is 6.92 Å². The molecule has 27 heavy (non-hydrogen) atoms. The molecule has 0 unspecified atom stereocenters. The van der Waals surface area contributed by atoms with Gasteiger partial charge < -0.3 is 0 Å². The zero-order valence-electron chi connectivity index (χ0n) is 14.8. The first kappa shape index (κ1) is 17.3. The van der Waals surface area contributed by atoms with E-state index in [1.807, 2.05) is 67.6 Å². The van der Waals surface area contributed by atoms with E-state index in [0.29, 0.717) is 16.5 Å². The molecule has 5 nitrogen and oxygen atoms in total. The first-order chi connectivity index (χ1) is 13.2. The van der Waals surface area contributed by atoms with E-state index in [0.717, 1.165) is 16.5 Å². The van der Waals surface area contributed by atoms with Crippen molar-refractivity contribution in [3.8, 4) is 0 Å². The summed E-state index contributed by atoms with van der Waals surface area (Å²) in [4.78, 5) is 12.9. The number of fused-ring (bicyclic) bond motifs is 1. The fourth-order valence-corrected chi connectivity index (χ4v) is 3.77. The van der Waals surface area contributed by atoms with Crippen LogP contribution in [0.2, 0.25) is 0 Å². The molecular weight excluding hydrogens is 356 g/mol. The molecule has 1 amide bonds. The molecule has 0 saturated heterocycles. The van der Waals surface area contributed by atoms with Crippen molar-refractivity contribution in [1.82, 2.24) is 14.9 Å². The standard InChI is InChI=1S/C21H18N4OS/c1-15-22-23-21(27-14-16-8-3-2-4-9-16)25(15)24-20(26)19-13-7-11-17-10-5-6-12-18(17)19/h2-13H,14H2,1H3,(H,24,26). The van der Waals surface area contributed by atoms with Gasteiger partial charge in [0.25, 0.3) is 5.91 Å². The van der Waals surface area contributed by atoms with Crippen LogP contribution >= 0.6 is 11.8 Å². The summed E-state index contributed by atoms with van der Waals surface area (Å²) in [6.07, 6.45) is 0. The molecular formula is C21H18N4OS. The summed E-state index contributed by atoms with van der Waals surface area (Å²) in [5, 5.41) is 10.9. The molecule has 3 aromatic carbocycles. The number of carbonyl (C=O) groups excluding carboxylic acids is 1. The van der Waals surface area contributed by atoms with Gasteiger partial charge in [-0.2, -0.15) is 0 Å². The Morgan fingerprint density at radius 2 is 1.70 bits per heavy atom. The number of hydrogen-bond acceptors (Lipinski definition) is 4. The van der Waals surface area contributed by atoms with Crippen molar-refractivity contribution in [2.45, 2.75) is 17.8 Å². The predicted molar refractivity (Wildman–Crippen MR) is 108 cm³/mol. The minimum atomic E-state index is -0.184. The molecule has 0 spiro atoms. The average Bonchev–Trinajstić information content (AvgIpc) is 3.06. The van der Waals surface area contributed by atoms with E-state index >= 15 is 0 Å². The van der Waals surface area contributed by atoms with Gasteiger partial charge >= 0.3 is 0 Å². The zero-order chi connectivity index (χ0) is 18.6. The molecule has 0 radical (unpaired) electrons. The highest BCUT2D eigenvalue weighted by atomic mass is 32.2. The summed E-state index contributed by atoms with van der Waals surface area (Å²) in [6.45, 7) is 1.82. The van der Waals surface area contributed by atoms with Crippen molar-refractivity contribution < 1.29 is 4.79 Å². The van der Waals surface area contributed by atoms with E-state index in [-0.39, 0.29) is 5.91 Å². The third-order valence-electron chi connectivity index (χ3n) is 4.25. The molecule has 1 heterocycles. The second kappa shape index (κ2) is 7.63. The number of thioether (sulfide) groups is 1. The van der Waals surface area contributed by atoms with E-state index in [2.05, 4.69) is 27.8 Å². The Bertz CT molecular complexity index is 1090. The topological polar surface area (TPSA) is 59.8 Å². The Balaban J connectivity index is 1.57. The number of carbonyl (C=O) groups is 1. The SMILES string of the molecule is Cc1nnc(SCc2ccccc2)n1NC(=O)c1cccc2ccccc12. The smallest absolute Gasteiger partial charge is 0.267 e. The highest BCUT2D eigenvalue weighted by molar-refractivity contribution is 7.98. The second-order valence-electron chi connectivity index (χ2n) is 6.11. The fraction of sp³-hybridized carbons (Fsp3) is 0.0952.